The van der Waals surface area contributed by atoms with Crippen molar-refractivity contribution in [1.29, 1.82) is 0 Å². The first-order chi connectivity index (χ1) is 11.4. The highest BCUT2D eigenvalue weighted by atomic mass is 16.4. The Morgan fingerprint density at radius 3 is 2.00 bits per heavy atom. The first-order valence-corrected chi connectivity index (χ1v) is 8.84. The number of carboxylic acid groups (broad SMARTS) is 1. The lowest BCUT2D eigenvalue weighted by atomic mass is 9.47. The summed E-state index contributed by atoms with van der Waals surface area (Å²) in [6, 6.07) is 5.81. The number of nitrogens with one attached hydrogen (secondary N) is 1. The van der Waals surface area contributed by atoms with Crippen molar-refractivity contribution in [2.75, 3.05) is 5.73 Å². The van der Waals surface area contributed by atoms with Crippen LogP contribution in [0.15, 0.2) is 24.3 Å². The number of benzene rings is 1. The molecule has 1 aromatic rings. The normalized spacial score (nSPS) is 34.8. The lowest BCUT2D eigenvalue weighted by Crippen LogP contribution is -2.59. The summed E-state index contributed by atoms with van der Waals surface area (Å²) >= 11 is 0. The number of aliphatic carboxylic acids is 1. The van der Waals surface area contributed by atoms with Crippen molar-refractivity contribution in [3.05, 3.63) is 29.8 Å². The highest BCUT2D eigenvalue weighted by Crippen LogP contribution is 2.61. The summed E-state index contributed by atoms with van der Waals surface area (Å²) < 4.78 is 0. The van der Waals surface area contributed by atoms with Crippen LogP contribution in [0.5, 0.6) is 0 Å². The molecular weight excluding hydrogens is 304 g/mol. The molecule has 4 saturated carbocycles. The van der Waals surface area contributed by atoms with Gasteiger partial charge in [-0.3, -0.25) is 4.79 Å². The molecule has 24 heavy (non-hydrogen) atoms. The van der Waals surface area contributed by atoms with Crippen molar-refractivity contribution < 1.29 is 14.7 Å². The number of nitrogens with two attached hydrogens (primary N) is 1. The van der Waals surface area contributed by atoms with Crippen LogP contribution in [-0.2, 0) is 4.79 Å². The van der Waals surface area contributed by atoms with Crippen molar-refractivity contribution in [3.8, 4) is 0 Å². The molecule has 0 heterocycles. The Balaban J connectivity index is 1.57. The molecule has 4 aliphatic carbocycles. The number of carbonyl (C=O) groups is 2. The van der Waals surface area contributed by atoms with Gasteiger partial charge in [0.1, 0.15) is 6.04 Å². The number of anilines is 1. The molecule has 4 aliphatic rings. The van der Waals surface area contributed by atoms with Crippen LogP contribution in [0.25, 0.3) is 0 Å². The third-order valence-electron chi connectivity index (χ3n) is 6.39. The maximum Gasteiger partial charge on any atom is 0.326 e. The predicted octanol–water partition coefficient (Wildman–Crippen LogP) is 2.67. The summed E-state index contributed by atoms with van der Waals surface area (Å²) in [6.07, 6.45) is 6.57. The SMILES string of the molecule is Nc1ccc(C(=O)NC(C(=O)O)C23CC4CC(CC(C4)C2)C3)cc1. The molecule has 1 aromatic carbocycles. The highest BCUT2D eigenvalue weighted by molar-refractivity contribution is 5.97. The molecule has 4 fully saturated rings. The third-order valence-corrected chi connectivity index (χ3v) is 6.39. The number of nitrogen functional groups attached to an aromatic ring is 1. The van der Waals surface area contributed by atoms with E-state index in [0.29, 0.717) is 29.0 Å². The van der Waals surface area contributed by atoms with Gasteiger partial charge in [-0.2, -0.15) is 0 Å². The minimum atomic E-state index is -0.902. The minimum Gasteiger partial charge on any atom is -0.480 e. The van der Waals surface area contributed by atoms with Crippen molar-refractivity contribution >= 4 is 17.6 Å². The Hall–Kier alpha value is -2.04. The van der Waals surface area contributed by atoms with Crippen LogP contribution in [0.1, 0.15) is 48.9 Å². The molecule has 5 heteroatoms. The van der Waals surface area contributed by atoms with Gasteiger partial charge in [0.25, 0.3) is 5.91 Å². The monoisotopic (exact) mass is 328 g/mol. The van der Waals surface area contributed by atoms with Crippen LogP contribution in [0, 0.1) is 23.2 Å². The molecule has 1 unspecified atom stereocenters. The van der Waals surface area contributed by atoms with Crippen molar-refractivity contribution in [2.24, 2.45) is 23.2 Å². The second-order valence-electron chi connectivity index (χ2n) is 8.15. The summed E-state index contributed by atoms with van der Waals surface area (Å²) in [4.78, 5) is 24.5. The largest absolute Gasteiger partial charge is 0.480 e. The third kappa shape index (κ3) is 2.56. The van der Waals surface area contributed by atoms with Crippen LogP contribution < -0.4 is 11.1 Å². The molecule has 5 nitrogen and oxygen atoms in total. The average Bonchev–Trinajstić information content (AvgIpc) is 2.51. The zero-order valence-electron chi connectivity index (χ0n) is 13.7. The van der Waals surface area contributed by atoms with E-state index < -0.39 is 12.0 Å². The van der Waals surface area contributed by atoms with Gasteiger partial charge in [-0.15, -0.1) is 0 Å². The van der Waals surface area contributed by atoms with Gasteiger partial charge >= 0.3 is 5.97 Å². The first-order valence-electron chi connectivity index (χ1n) is 8.84. The van der Waals surface area contributed by atoms with Crippen molar-refractivity contribution in [3.63, 3.8) is 0 Å². The van der Waals surface area contributed by atoms with E-state index >= 15 is 0 Å². The highest BCUT2D eigenvalue weighted by Gasteiger charge is 2.56. The summed E-state index contributed by atoms with van der Waals surface area (Å²) in [5.41, 5.74) is 6.44. The van der Waals surface area contributed by atoms with Gasteiger partial charge in [0.05, 0.1) is 0 Å². The molecule has 0 radical (unpaired) electrons. The molecule has 0 aliphatic heterocycles. The number of carbonyl (C=O) groups excluding carboxylic acids is 1. The summed E-state index contributed by atoms with van der Waals surface area (Å²) in [5.74, 6) is 0.712. The van der Waals surface area contributed by atoms with E-state index in [1.54, 1.807) is 24.3 Å². The Morgan fingerprint density at radius 2 is 1.54 bits per heavy atom. The maximum absolute atomic E-state index is 12.5. The zero-order valence-corrected chi connectivity index (χ0v) is 13.7. The van der Waals surface area contributed by atoms with Gasteiger partial charge in [0.15, 0.2) is 0 Å². The van der Waals surface area contributed by atoms with E-state index in [2.05, 4.69) is 5.32 Å². The second-order valence-corrected chi connectivity index (χ2v) is 8.15. The Morgan fingerprint density at radius 1 is 1.04 bits per heavy atom. The molecule has 0 aromatic heterocycles. The molecule has 4 N–H and O–H groups in total. The fraction of sp³-hybridized carbons (Fsp3) is 0.579. The molecule has 0 saturated heterocycles. The summed E-state index contributed by atoms with van der Waals surface area (Å²) in [5, 5.41) is 12.7. The standard InChI is InChI=1S/C19H24N2O3/c20-15-3-1-14(2-4-15)17(22)21-16(18(23)24)19-8-11-5-12(9-19)7-13(6-11)10-19/h1-4,11-13,16H,5-10,20H2,(H,21,22)(H,23,24). The van der Waals surface area contributed by atoms with Gasteiger partial charge in [0.2, 0.25) is 0 Å². The van der Waals surface area contributed by atoms with Crippen LogP contribution in [-0.4, -0.2) is 23.0 Å². The van der Waals surface area contributed by atoms with Crippen LogP contribution in [0.3, 0.4) is 0 Å². The topological polar surface area (TPSA) is 92.4 Å². The van der Waals surface area contributed by atoms with Gasteiger partial charge in [0, 0.05) is 16.7 Å². The smallest absolute Gasteiger partial charge is 0.326 e. The molecule has 5 rings (SSSR count). The predicted molar refractivity (Wildman–Crippen MR) is 90.3 cm³/mol. The minimum absolute atomic E-state index is 0.260. The van der Waals surface area contributed by atoms with Gasteiger partial charge in [-0.05, 0) is 80.5 Å². The summed E-state index contributed by atoms with van der Waals surface area (Å²) in [6.45, 7) is 0. The van der Waals surface area contributed by atoms with E-state index in [1.807, 2.05) is 0 Å². The number of carboxylic acids is 1. The van der Waals surface area contributed by atoms with Gasteiger partial charge < -0.3 is 16.2 Å². The van der Waals surface area contributed by atoms with Crippen LogP contribution in [0.2, 0.25) is 0 Å². The van der Waals surface area contributed by atoms with Gasteiger partial charge in [-0.25, -0.2) is 4.79 Å². The lowest BCUT2D eigenvalue weighted by Gasteiger charge is -2.58. The quantitative estimate of drug-likeness (QED) is 0.741. The number of hydrogen-bond acceptors (Lipinski definition) is 3. The fourth-order valence-electron chi connectivity index (χ4n) is 5.86. The van der Waals surface area contributed by atoms with Crippen molar-refractivity contribution in [1.82, 2.24) is 5.32 Å². The zero-order chi connectivity index (χ0) is 16.9. The van der Waals surface area contributed by atoms with E-state index in [1.165, 1.54) is 19.3 Å². The molecule has 0 spiro atoms. The Labute approximate surface area is 141 Å². The lowest BCUT2D eigenvalue weighted by molar-refractivity contribution is -0.150. The maximum atomic E-state index is 12.5. The van der Waals surface area contributed by atoms with Crippen LogP contribution in [0.4, 0.5) is 5.69 Å². The first kappa shape index (κ1) is 15.5. The molecule has 1 amide bonds. The molecule has 4 bridgehead atoms. The molecule has 1 atom stereocenters. The summed E-state index contributed by atoms with van der Waals surface area (Å²) in [7, 11) is 0. The van der Waals surface area contributed by atoms with E-state index in [9.17, 15) is 14.7 Å². The fourth-order valence-corrected chi connectivity index (χ4v) is 5.86. The van der Waals surface area contributed by atoms with E-state index in [0.717, 1.165) is 19.3 Å². The van der Waals surface area contributed by atoms with E-state index in [-0.39, 0.29) is 11.3 Å². The van der Waals surface area contributed by atoms with Gasteiger partial charge in [-0.1, -0.05) is 0 Å². The van der Waals surface area contributed by atoms with Crippen LogP contribution >= 0.6 is 0 Å². The van der Waals surface area contributed by atoms with Crippen molar-refractivity contribution in [2.45, 2.75) is 44.6 Å². The number of hydrogen-bond donors (Lipinski definition) is 3. The average molecular weight is 328 g/mol. The molecule has 128 valence electrons. The Kier molecular flexibility index (Phi) is 3.55. The molecular formula is C19H24N2O3. The Bertz CT molecular complexity index is 632. The number of amides is 1. The second kappa shape index (κ2) is 5.50. The number of rotatable bonds is 4. The van der Waals surface area contributed by atoms with E-state index in [4.69, 9.17) is 5.73 Å².